The molecule has 1 aromatic carbocycles. The number of carbonyl (C=O) groups excluding carboxylic acids is 1. The third-order valence-electron chi connectivity index (χ3n) is 3.83. The molecular weight excluding hydrogens is 262 g/mol. The van der Waals surface area contributed by atoms with Gasteiger partial charge in [0, 0.05) is 31.4 Å². The summed E-state index contributed by atoms with van der Waals surface area (Å²) >= 11 is 0. The molecule has 0 saturated carbocycles. The van der Waals surface area contributed by atoms with E-state index in [0.717, 1.165) is 24.3 Å². The Balaban J connectivity index is 1.79. The molecular formula is C17H19N3O. The van der Waals surface area contributed by atoms with Gasteiger partial charge in [0.05, 0.1) is 12.2 Å². The highest BCUT2D eigenvalue weighted by molar-refractivity contribution is 5.94. The average molecular weight is 281 g/mol. The number of nitrogens with one attached hydrogen (secondary N) is 1. The van der Waals surface area contributed by atoms with E-state index in [1.807, 2.05) is 42.2 Å². The molecule has 1 amide bonds. The van der Waals surface area contributed by atoms with Crippen molar-refractivity contribution in [2.24, 2.45) is 0 Å². The molecule has 4 heteroatoms. The van der Waals surface area contributed by atoms with Crippen molar-refractivity contribution in [3.63, 3.8) is 0 Å². The Morgan fingerprint density at radius 1 is 1.24 bits per heavy atom. The van der Waals surface area contributed by atoms with Crippen molar-refractivity contribution in [2.75, 3.05) is 6.54 Å². The number of carbonyl (C=O) groups is 1. The minimum absolute atomic E-state index is 0.0675. The summed E-state index contributed by atoms with van der Waals surface area (Å²) < 4.78 is 0. The van der Waals surface area contributed by atoms with E-state index < -0.39 is 0 Å². The lowest BCUT2D eigenvalue weighted by Gasteiger charge is -2.21. The van der Waals surface area contributed by atoms with Gasteiger partial charge in [0.2, 0.25) is 0 Å². The normalized spacial score (nSPS) is 13.0. The zero-order chi connectivity index (χ0) is 14.7. The first-order valence-electron chi connectivity index (χ1n) is 7.29. The fourth-order valence-corrected chi connectivity index (χ4v) is 2.62. The maximum Gasteiger partial charge on any atom is 0.254 e. The molecule has 2 aromatic rings. The van der Waals surface area contributed by atoms with Crippen LogP contribution in [-0.4, -0.2) is 22.3 Å². The van der Waals surface area contributed by atoms with Crippen LogP contribution in [0, 0.1) is 0 Å². The van der Waals surface area contributed by atoms with E-state index in [9.17, 15) is 4.79 Å². The third-order valence-corrected chi connectivity index (χ3v) is 3.83. The monoisotopic (exact) mass is 281 g/mol. The first kappa shape index (κ1) is 13.8. The summed E-state index contributed by atoms with van der Waals surface area (Å²) in [6, 6.07) is 11.8. The first-order chi connectivity index (χ1) is 10.3. The van der Waals surface area contributed by atoms with E-state index in [4.69, 9.17) is 0 Å². The Kier molecular flexibility index (Phi) is 3.97. The molecule has 0 saturated heterocycles. The van der Waals surface area contributed by atoms with E-state index in [-0.39, 0.29) is 5.91 Å². The van der Waals surface area contributed by atoms with Crippen LogP contribution >= 0.6 is 0 Å². The van der Waals surface area contributed by atoms with Crippen LogP contribution in [0.1, 0.15) is 34.1 Å². The summed E-state index contributed by atoms with van der Waals surface area (Å²) in [5.41, 5.74) is 4.19. The minimum Gasteiger partial charge on any atom is -0.333 e. The fraction of sp³-hybridized carbons (Fsp3) is 0.294. The number of nitrogens with zero attached hydrogens (tertiary/aromatic N) is 2. The summed E-state index contributed by atoms with van der Waals surface area (Å²) in [5, 5.41) is 3.30. The molecule has 0 aliphatic carbocycles. The van der Waals surface area contributed by atoms with Crippen LogP contribution in [0.15, 0.2) is 42.6 Å². The van der Waals surface area contributed by atoms with Crippen molar-refractivity contribution in [2.45, 2.75) is 26.6 Å². The number of rotatable bonds is 4. The van der Waals surface area contributed by atoms with Crippen LogP contribution < -0.4 is 5.32 Å². The Morgan fingerprint density at radius 3 is 2.86 bits per heavy atom. The van der Waals surface area contributed by atoms with Gasteiger partial charge in [0.15, 0.2) is 0 Å². The number of benzene rings is 1. The van der Waals surface area contributed by atoms with Gasteiger partial charge in [-0.1, -0.05) is 12.1 Å². The minimum atomic E-state index is 0.0675. The summed E-state index contributed by atoms with van der Waals surface area (Å²) in [4.78, 5) is 18.8. The second kappa shape index (κ2) is 6.06. The first-order valence-corrected chi connectivity index (χ1v) is 7.29. The van der Waals surface area contributed by atoms with E-state index in [0.29, 0.717) is 13.1 Å². The molecule has 3 rings (SSSR count). The smallest absolute Gasteiger partial charge is 0.254 e. The van der Waals surface area contributed by atoms with Gasteiger partial charge in [-0.15, -0.1) is 0 Å². The molecule has 4 nitrogen and oxygen atoms in total. The Labute approximate surface area is 124 Å². The van der Waals surface area contributed by atoms with Crippen LogP contribution in [-0.2, 0) is 19.6 Å². The zero-order valence-electron chi connectivity index (χ0n) is 12.2. The zero-order valence-corrected chi connectivity index (χ0v) is 12.2. The molecule has 0 atom stereocenters. The summed E-state index contributed by atoms with van der Waals surface area (Å²) in [6.45, 7) is 4.96. The van der Waals surface area contributed by atoms with Gasteiger partial charge < -0.3 is 10.2 Å². The Hall–Kier alpha value is -2.20. The highest BCUT2D eigenvalue weighted by atomic mass is 16.2. The largest absolute Gasteiger partial charge is 0.333 e. The molecule has 1 aliphatic heterocycles. The topological polar surface area (TPSA) is 45.2 Å². The van der Waals surface area contributed by atoms with Crippen LogP contribution in [0.4, 0.5) is 0 Å². The van der Waals surface area contributed by atoms with E-state index >= 15 is 0 Å². The van der Waals surface area contributed by atoms with Gasteiger partial charge in [-0.05, 0) is 42.3 Å². The van der Waals surface area contributed by atoms with E-state index in [1.54, 1.807) is 6.20 Å². The molecule has 0 fully saturated rings. The number of aromatic nitrogens is 1. The maximum atomic E-state index is 12.7. The predicted molar refractivity (Wildman–Crippen MR) is 81.6 cm³/mol. The Morgan fingerprint density at radius 2 is 2.10 bits per heavy atom. The molecule has 108 valence electrons. The number of pyridine rings is 1. The van der Waals surface area contributed by atoms with Gasteiger partial charge in [-0.25, -0.2) is 0 Å². The van der Waals surface area contributed by atoms with Gasteiger partial charge >= 0.3 is 0 Å². The summed E-state index contributed by atoms with van der Waals surface area (Å²) in [5.74, 6) is 0.0675. The van der Waals surface area contributed by atoms with Crippen LogP contribution in [0.25, 0.3) is 0 Å². The van der Waals surface area contributed by atoms with Crippen LogP contribution in [0.5, 0.6) is 0 Å². The molecule has 21 heavy (non-hydrogen) atoms. The standard InChI is InChI=1S/C17H19N3O/c1-2-20(12-16-5-3-4-8-19-16)17(21)13-6-7-14-10-18-11-15(14)9-13/h3-9,18H,2,10-12H2,1H3. The molecule has 0 bridgehead atoms. The molecule has 0 unspecified atom stereocenters. The van der Waals surface area contributed by atoms with Gasteiger partial charge in [-0.3, -0.25) is 9.78 Å². The van der Waals surface area contributed by atoms with Crippen molar-refractivity contribution in [1.29, 1.82) is 0 Å². The summed E-state index contributed by atoms with van der Waals surface area (Å²) in [6.07, 6.45) is 1.76. The van der Waals surface area contributed by atoms with Crippen molar-refractivity contribution < 1.29 is 4.79 Å². The van der Waals surface area contributed by atoms with Crippen molar-refractivity contribution in [3.8, 4) is 0 Å². The molecule has 1 N–H and O–H groups in total. The van der Waals surface area contributed by atoms with Crippen LogP contribution in [0.2, 0.25) is 0 Å². The molecule has 1 aromatic heterocycles. The molecule has 1 aliphatic rings. The van der Waals surface area contributed by atoms with Crippen molar-refractivity contribution >= 4 is 5.91 Å². The molecule has 0 spiro atoms. The lowest BCUT2D eigenvalue weighted by molar-refractivity contribution is 0.0750. The fourth-order valence-electron chi connectivity index (χ4n) is 2.62. The second-order valence-electron chi connectivity index (χ2n) is 5.23. The lowest BCUT2D eigenvalue weighted by atomic mass is 10.1. The molecule has 0 radical (unpaired) electrons. The maximum absolute atomic E-state index is 12.7. The SMILES string of the molecule is CCN(Cc1ccccn1)C(=O)c1ccc2c(c1)CNC2. The van der Waals surface area contributed by atoms with Crippen molar-refractivity contribution in [3.05, 3.63) is 65.0 Å². The third kappa shape index (κ3) is 2.95. The number of fused-ring (bicyclic) bond motifs is 1. The van der Waals surface area contributed by atoms with Crippen molar-refractivity contribution in [1.82, 2.24) is 15.2 Å². The van der Waals surface area contributed by atoms with E-state index in [1.165, 1.54) is 11.1 Å². The highest BCUT2D eigenvalue weighted by Crippen LogP contribution is 2.18. The summed E-state index contributed by atoms with van der Waals surface area (Å²) in [7, 11) is 0. The number of hydrogen-bond acceptors (Lipinski definition) is 3. The lowest BCUT2D eigenvalue weighted by Crippen LogP contribution is -2.30. The highest BCUT2D eigenvalue weighted by Gasteiger charge is 2.18. The van der Waals surface area contributed by atoms with Gasteiger partial charge in [0.1, 0.15) is 0 Å². The van der Waals surface area contributed by atoms with Gasteiger partial charge in [0.25, 0.3) is 5.91 Å². The van der Waals surface area contributed by atoms with Gasteiger partial charge in [-0.2, -0.15) is 0 Å². The average Bonchev–Trinajstić information content (AvgIpc) is 3.00. The number of amides is 1. The Bertz CT molecular complexity index is 640. The second-order valence-corrected chi connectivity index (χ2v) is 5.23. The van der Waals surface area contributed by atoms with E-state index in [2.05, 4.69) is 16.4 Å². The number of hydrogen-bond donors (Lipinski definition) is 1. The predicted octanol–water partition coefficient (Wildman–Crippen LogP) is 2.35. The quantitative estimate of drug-likeness (QED) is 0.935. The van der Waals surface area contributed by atoms with Crippen LogP contribution in [0.3, 0.4) is 0 Å². The molecule has 2 heterocycles.